The standard InChI is InChI=1S/C9H12BrNO2S/c1-11-7-9(10)14(12,13)8-5-3-2-4-6-8/h2-6,9,11H,7H2,1H3. The molecule has 1 atom stereocenters. The molecule has 14 heavy (non-hydrogen) atoms. The summed E-state index contributed by atoms with van der Waals surface area (Å²) < 4.78 is 23.1. The van der Waals surface area contributed by atoms with Crippen LogP contribution in [0.2, 0.25) is 0 Å². The molecule has 0 aromatic heterocycles. The SMILES string of the molecule is CNCC(Br)S(=O)(=O)c1ccccc1. The van der Waals surface area contributed by atoms with Gasteiger partial charge in [0.1, 0.15) is 4.16 Å². The molecule has 0 heterocycles. The van der Waals surface area contributed by atoms with Crippen LogP contribution < -0.4 is 5.32 Å². The highest BCUT2D eigenvalue weighted by atomic mass is 79.9. The van der Waals surface area contributed by atoms with E-state index in [0.717, 1.165) is 0 Å². The van der Waals surface area contributed by atoms with Crippen molar-refractivity contribution in [1.82, 2.24) is 5.32 Å². The van der Waals surface area contributed by atoms with Gasteiger partial charge in [0.2, 0.25) is 0 Å². The highest BCUT2D eigenvalue weighted by Gasteiger charge is 2.23. The minimum Gasteiger partial charge on any atom is -0.318 e. The van der Waals surface area contributed by atoms with Gasteiger partial charge in [-0.15, -0.1) is 0 Å². The second kappa shape index (κ2) is 4.91. The molecule has 0 amide bonds. The van der Waals surface area contributed by atoms with Gasteiger partial charge in [-0.25, -0.2) is 8.42 Å². The monoisotopic (exact) mass is 277 g/mol. The summed E-state index contributed by atoms with van der Waals surface area (Å²) in [5.41, 5.74) is 0. The molecule has 1 aromatic rings. The number of halogens is 1. The Labute approximate surface area is 92.6 Å². The van der Waals surface area contributed by atoms with E-state index in [4.69, 9.17) is 0 Å². The Morgan fingerprint density at radius 3 is 2.43 bits per heavy atom. The lowest BCUT2D eigenvalue weighted by Crippen LogP contribution is -2.26. The Morgan fingerprint density at radius 1 is 1.36 bits per heavy atom. The van der Waals surface area contributed by atoms with Crippen LogP contribution in [0.3, 0.4) is 0 Å². The van der Waals surface area contributed by atoms with Crippen molar-refractivity contribution in [3.63, 3.8) is 0 Å². The Balaban J connectivity index is 2.97. The molecule has 0 radical (unpaired) electrons. The lowest BCUT2D eigenvalue weighted by Gasteiger charge is -2.10. The molecule has 0 bridgehead atoms. The fourth-order valence-electron chi connectivity index (χ4n) is 1.03. The molecule has 0 spiro atoms. The molecule has 0 fully saturated rings. The summed E-state index contributed by atoms with van der Waals surface area (Å²) in [5, 5.41) is 2.82. The van der Waals surface area contributed by atoms with Crippen molar-refractivity contribution >= 4 is 25.8 Å². The minimum absolute atomic E-state index is 0.345. The second-order valence-electron chi connectivity index (χ2n) is 2.83. The van der Waals surface area contributed by atoms with Gasteiger partial charge in [-0.1, -0.05) is 34.1 Å². The Bertz CT molecular complexity index is 377. The summed E-state index contributed by atoms with van der Waals surface area (Å²) in [7, 11) is -1.53. The van der Waals surface area contributed by atoms with Crippen LogP contribution in [-0.2, 0) is 9.84 Å². The fourth-order valence-corrected chi connectivity index (χ4v) is 3.22. The molecular weight excluding hydrogens is 266 g/mol. The van der Waals surface area contributed by atoms with Crippen LogP contribution in [-0.4, -0.2) is 26.2 Å². The molecule has 1 unspecified atom stereocenters. The fraction of sp³-hybridized carbons (Fsp3) is 0.333. The zero-order valence-corrected chi connectivity index (χ0v) is 10.2. The molecule has 0 aliphatic heterocycles. The Hall–Kier alpha value is -0.390. The van der Waals surface area contributed by atoms with Crippen molar-refractivity contribution in [1.29, 1.82) is 0 Å². The average molecular weight is 278 g/mol. The van der Waals surface area contributed by atoms with Gasteiger partial charge in [-0.3, -0.25) is 0 Å². The van der Waals surface area contributed by atoms with Crippen molar-refractivity contribution in [3.05, 3.63) is 30.3 Å². The number of benzene rings is 1. The van der Waals surface area contributed by atoms with Gasteiger partial charge in [0, 0.05) is 6.54 Å². The smallest absolute Gasteiger partial charge is 0.192 e. The summed E-state index contributed by atoms with van der Waals surface area (Å²) >= 11 is 3.15. The van der Waals surface area contributed by atoms with Crippen LogP contribution in [0.15, 0.2) is 35.2 Å². The van der Waals surface area contributed by atoms with Crippen molar-refractivity contribution in [3.8, 4) is 0 Å². The quantitative estimate of drug-likeness (QED) is 0.847. The van der Waals surface area contributed by atoms with Crippen LogP contribution in [0.1, 0.15) is 0 Å². The van der Waals surface area contributed by atoms with E-state index < -0.39 is 14.0 Å². The topological polar surface area (TPSA) is 46.2 Å². The van der Waals surface area contributed by atoms with E-state index in [9.17, 15) is 8.42 Å². The number of rotatable bonds is 4. The van der Waals surface area contributed by atoms with Gasteiger partial charge in [0.05, 0.1) is 4.90 Å². The zero-order chi connectivity index (χ0) is 10.6. The maximum absolute atomic E-state index is 11.8. The highest BCUT2D eigenvalue weighted by Crippen LogP contribution is 2.19. The summed E-state index contributed by atoms with van der Waals surface area (Å²) in [6.45, 7) is 0.386. The summed E-state index contributed by atoms with van der Waals surface area (Å²) in [5.74, 6) is 0. The Kier molecular flexibility index (Phi) is 4.10. The van der Waals surface area contributed by atoms with Crippen LogP contribution in [0.4, 0.5) is 0 Å². The molecule has 5 heteroatoms. The van der Waals surface area contributed by atoms with E-state index in [1.165, 1.54) is 0 Å². The first kappa shape index (κ1) is 11.7. The van der Waals surface area contributed by atoms with Crippen molar-refractivity contribution in [2.45, 2.75) is 9.05 Å². The zero-order valence-electron chi connectivity index (χ0n) is 7.77. The van der Waals surface area contributed by atoms with Crippen LogP contribution in [0, 0.1) is 0 Å². The lowest BCUT2D eigenvalue weighted by atomic mass is 10.4. The lowest BCUT2D eigenvalue weighted by molar-refractivity contribution is 0.591. The molecule has 1 aromatic carbocycles. The molecule has 3 nitrogen and oxygen atoms in total. The van der Waals surface area contributed by atoms with E-state index >= 15 is 0 Å². The van der Waals surface area contributed by atoms with E-state index in [2.05, 4.69) is 21.2 Å². The third-order valence-electron chi connectivity index (χ3n) is 1.77. The van der Waals surface area contributed by atoms with Crippen molar-refractivity contribution < 1.29 is 8.42 Å². The molecule has 0 aliphatic rings. The minimum atomic E-state index is -3.25. The normalized spacial score (nSPS) is 13.9. The van der Waals surface area contributed by atoms with Crippen molar-refractivity contribution in [2.75, 3.05) is 13.6 Å². The van der Waals surface area contributed by atoms with E-state index in [-0.39, 0.29) is 0 Å². The Morgan fingerprint density at radius 2 is 1.93 bits per heavy atom. The van der Waals surface area contributed by atoms with Crippen molar-refractivity contribution in [2.24, 2.45) is 0 Å². The largest absolute Gasteiger partial charge is 0.318 e. The van der Waals surface area contributed by atoms with Crippen LogP contribution in [0.25, 0.3) is 0 Å². The highest BCUT2D eigenvalue weighted by molar-refractivity contribution is 9.11. The molecule has 78 valence electrons. The predicted octanol–water partition coefficient (Wildman–Crippen LogP) is 1.40. The molecule has 0 saturated carbocycles. The van der Waals surface area contributed by atoms with E-state index in [1.807, 2.05) is 0 Å². The van der Waals surface area contributed by atoms with E-state index in [1.54, 1.807) is 37.4 Å². The molecule has 0 aliphatic carbocycles. The summed E-state index contributed by atoms with van der Waals surface area (Å²) in [6.07, 6.45) is 0. The van der Waals surface area contributed by atoms with Gasteiger partial charge in [0.15, 0.2) is 9.84 Å². The van der Waals surface area contributed by atoms with Gasteiger partial charge in [-0.2, -0.15) is 0 Å². The number of alkyl halides is 1. The number of nitrogens with one attached hydrogen (secondary N) is 1. The van der Waals surface area contributed by atoms with E-state index in [0.29, 0.717) is 11.4 Å². The maximum Gasteiger partial charge on any atom is 0.192 e. The predicted molar refractivity (Wildman–Crippen MR) is 60.3 cm³/mol. The van der Waals surface area contributed by atoms with Gasteiger partial charge in [-0.05, 0) is 19.2 Å². The molecule has 0 saturated heterocycles. The number of sulfone groups is 1. The summed E-state index contributed by atoms with van der Waals surface area (Å²) in [4.78, 5) is 0.345. The molecular formula is C9H12BrNO2S. The first-order valence-electron chi connectivity index (χ1n) is 4.16. The molecule has 1 rings (SSSR count). The van der Waals surface area contributed by atoms with Gasteiger partial charge in [0.25, 0.3) is 0 Å². The summed E-state index contributed by atoms with van der Waals surface area (Å²) in [6, 6.07) is 8.41. The third-order valence-corrected chi connectivity index (χ3v) is 5.34. The first-order valence-corrected chi connectivity index (χ1v) is 6.63. The van der Waals surface area contributed by atoms with Crippen LogP contribution >= 0.6 is 15.9 Å². The number of hydrogen-bond acceptors (Lipinski definition) is 3. The molecule has 1 N–H and O–H groups in total. The van der Waals surface area contributed by atoms with Gasteiger partial charge >= 0.3 is 0 Å². The second-order valence-corrected chi connectivity index (χ2v) is 6.67. The van der Waals surface area contributed by atoms with Gasteiger partial charge < -0.3 is 5.32 Å². The maximum atomic E-state index is 11.8. The first-order chi connectivity index (χ1) is 6.59. The van der Waals surface area contributed by atoms with Crippen LogP contribution in [0.5, 0.6) is 0 Å². The third kappa shape index (κ3) is 2.56. The number of hydrogen-bond donors (Lipinski definition) is 1. The average Bonchev–Trinajstić information content (AvgIpc) is 2.19.